The van der Waals surface area contributed by atoms with Gasteiger partial charge in [0.1, 0.15) is 0 Å². The second kappa shape index (κ2) is 4.93. The van der Waals surface area contributed by atoms with E-state index >= 15 is 0 Å². The van der Waals surface area contributed by atoms with E-state index < -0.39 is 12.3 Å². The molecule has 0 fully saturated rings. The van der Waals surface area contributed by atoms with Crippen LogP contribution in [0.2, 0.25) is 0 Å². The van der Waals surface area contributed by atoms with Crippen LogP contribution in [0.5, 0.6) is 0 Å². The molecule has 3 nitrogen and oxygen atoms in total. The van der Waals surface area contributed by atoms with Crippen LogP contribution in [0.4, 0.5) is 4.79 Å². The van der Waals surface area contributed by atoms with E-state index in [-0.39, 0.29) is 0 Å². The Morgan fingerprint density at radius 2 is 2.07 bits per heavy atom. The standard InChI is InChI=1S/C11H10O3/c1-2-6-10(14-11(12)13)9-7-4-3-5-8-9/h3-5,7-8,10H,1H3,(H,12,13). The Morgan fingerprint density at radius 3 is 2.57 bits per heavy atom. The molecule has 0 saturated carbocycles. The maximum atomic E-state index is 10.4. The van der Waals surface area contributed by atoms with Crippen molar-refractivity contribution in [2.75, 3.05) is 0 Å². The summed E-state index contributed by atoms with van der Waals surface area (Å²) in [6, 6.07) is 9.02. The van der Waals surface area contributed by atoms with E-state index in [2.05, 4.69) is 16.6 Å². The van der Waals surface area contributed by atoms with E-state index in [1.54, 1.807) is 19.1 Å². The number of benzene rings is 1. The van der Waals surface area contributed by atoms with Crippen molar-refractivity contribution < 1.29 is 14.6 Å². The van der Waals surface area contributed by atoms with Crippen molar-refractivity contribution >= 4 is 6.16 Å². The Balaban J connectivity index is 2.87. The van der Waals surface area contributed by atoms with Crippen LogP contribution in [0.3, 0.4) is 0 Å². The van der Waals surface area contributed by atoms with Gasteiger partial charge in [0.05, 0.1) is 0 Å². The lowest BCUT2D eigenvalue weighted by Gasteiger charge is -2.09. The van der Waals surface area contributed by atoms with Gasteiger partial charge in [0.2, 0.25) is 0 Å². The van der Waals surface area contributed by atoms with Crippen molar-refractivity contribution in [1.29, 1.82) is 0 Å². The van der Waals surface area contributed by atoms with Gasteiger partial charge in [-0.3, -0.25) is 0 Å². The van der Waals surface area contributed by atoms with Crippen LogP contribution in [-0.4, -0.2) is 11.3 Å². The summed E-state index contributed by atoms with van der Waals surface area (Å²) >= 11 is 0. The molecule has 0 aliphatic heterocycles. The predicted octanol–water partition coefficient (Wildman–Crippen LogP) is 2.45. The topological polar surface area (TPSA) is 46.5 Å². The summed E-state index contributed by atoms with van der Waals surface area (Å²) in [5, 5.41) is 8.48. The van der Waals surface area contributed by atoms with Crippen LogP contribution in [0.25, 0.3) is 0 Å². The first-order valence-electron chi connectivity index (χ1n) is 4.11. The second-order valence-corrected chi connectivity index (χ2v) is 2.57. The first kappa shape index (κ1) is 10.1. The normalized spacial score (nSPS) is 10.9. The Morgan fingerprint density at radius 1 is 1.43 bits per heavy atom. The van der Waals surface area contributed by atoms with Crippen molar-refractivity contribution in [3.8, 4) is 11.8 Å². The van der Waals surface area contributed by atoms with Gasteiger partial charge in [-0.1, -0.05) is 36.3 Å². The van der Waals surface area contributed by atoms with Gasteiger partial charge in [0.25, 0.3) is 0 Å². The molecule has 1 N–H and O–H groups in total. The molecule has 0 saturated heterocycles. The molecular weight excluding hydrogens is 180 g/mol. The minimum atomic E-state index is -1.32. The molecule has 0 heterocycles. The van der Waals surface area contributed by atoms with Crippen molar-refractivity contribution in [1.82, 2.24) is 0 Å². The Bertz CT molecular complexity index is 359. The molecule has 0 aromatic heterocycles. The monoisotopic (exact) mass is 190 g/mol. The third kappa shape index (κ3) is 2.83. The molecule has 0 bridgehead atoms. The van der Waals surface area contributed by atoms with Gasteiger partial charge < -0.3 is 9.84 Å². The van der Waals surface area contributed by atoms with E-state index in [0.717, 1.165) is 5.56 Å². The van der Waals surface area contributed by atoms with Gasteiger partial charge in [-0.05, 0) is 6.92 Å². The SMILES string of the molecule is CC#CC(OC(=O)O)c1ccccc1. The lowest BCUT2D eigenvalue weighted by atomic mass is 10.1. The Kier molecular flexibility index (Phi) is 3.57. The van der Waals surface area contributed by atoms with E-state index in [0.29, 0.717) is 0 Å². The van der Waals surface area contributed by atoms with Gasteiger partial charge >= 0.3 is 6.16 Å². The summed E-state index contributed by atoms with van der Waals surface area (Å²) in [5.74, 6) is 5.31. The number of hydrogen-bond donors (Lipinski definition) is 1. The fourth-order valence-electron chi connectivity index (χ4n) is 1.04. The van der Waals surface area contributed by atoms with Crippen LogP contribution in [-0.2, 0) is 4.74 Å². The molecule has 0 aliphatic rings. The quantitative estimate of drug-likeness (QED) is 0.575. The molecule has 0 radical (unpaired) electrons. The molecule has 3 heteroatoms. The van der Waals surface area contributed by atoms with Crippen LogP contribution in [0.15, 0.2) is 30.3 Å². The highest BCUT2D eigenvalue weighted by molar-refractivity contribution is 5.58. The van der Waals surface area contributed by atoms with Gasteiger partial charge in [-0.15, -0.1) is 5.92 Å². The number of ether oxygens (including phenoxy) is 1. The molecule has 1 atom stereocenters. The molecule has 0 amide bonds. The van der Waals surface area contributed by atoms with Crippen LogP contribution < -0.4 is 0 Å². The summed E-state index contributed by atoms with van der Waals surface area (Å²) in [6.07, 6.45) is -2.01. The average Bonchev–Trinajstić information content (AvgIpc) is 2.18. The van der Waals surface area contributed by atoms with Crippen molar-refractivity contribution in [2.24, 2.45) is 0 Å². The zero-order chi connectivity index (χ0) is 10.4. The molecule has 72 valence electrons. The molecule has 0 aliphatic carbocycles. The first-order chi connectivity index (χ1) is 6.74. The highest BCUT2D eigenvalue weighted by Gasteiger charge is 2.11. The minimum Gasteiger partial charge on any atom is -0.450 e. The molecule has 0 spiro atoms. The summed E-state index contributed by atoms with van der Waals surface area (Å²) in [4.78, 5) is 10.4. The minimum absolute atomic E-state index is 0.696. The van der Waals surface area contributed by atoms with Gasteiger partial charge in [0, 0.05) is 5.56 Å². The summed E-state index contributed by atoms with van der Waals surface area (Å²) in [7, 11) is 0. The Labute approximate surface area is 82.3 Å². The molecule has 1 aromatic carbocycles. The van der Waals surface area contributed by atoms with E-state index in [9.17, 15) is 4.79 Å². The van der Waals surface area contributed by atoms with Crippen molar-refractivity contribution in [3.63, 3.8) is 0 Å². The fraction of sp³-hybridized carbons (Fsp3) is 0.182. The molecule has 1 rings (SSSR count). The zero-order valence-corrected chi connectivity index (χ0v) is 7.73. The Hall–Kier alpha value is -1.95. The number of carbonyl (C=O) groups is 1. The fourth-order valence-corrected chi connectivity index (χ4v) is 1.04. The van der Waals surface area contributed by atoms with Gasteiger partial charge in [-0.25, -0.2) is 4.79 Å². The number of rotatable bonds is 2. The average molecular weight is 190 g/mol. The third-order valence-electron chi connectivity index (χ3n) is 1.60. The molecular formula is C11H10O3. The first-order valence-corrected chi connectivity index (χ1v) is 4.11. The maximum absolute atomic E-state index is 10.4. The predicted molar refractivity (Wildman–Crippen MR) is 51.7 cm³/mol. The molecule has 14 heavy (non-hydrogen) atoms. The molecule has 1 unspecified atom stereocenters. The van der Waals surface area contributed by atoms with Gasteiger partial charge in [0.15, 0.2) is 6.10 Å². The highest BCUT2D eigenvalue weighted by atomic mass is 16.7. The molecule has 1 aromatic rings. The largest absolute Gasteiger partial charge is 0.507 e. The second-order valence-electron chi connectivity index (χ2n) is 2.57. The van der Waals surface area contributed by atoms with Crippen LogP contribution in [0.1, 0.15) is 18.6 Å². The third-order valence-corrected chi connectivity index (χ3v) is 1.60. The smallest absolute Gasteiger partial charge is 0.450 e. The highest BCUT2D eigenvalue weighted by Crippen LogP contribution is 2.15. The lowest BCUT2D eigenvalue weighted by Crippen LogP contribution is -2.07. The van der Waals surface area contributed by atoms with Crippen molar-refractivity contribution in [2.45, 2.75) is 13.0 Å². The van der Waals surface area contributed by atoms with Crippen LogP contribution in [0, 0.1) is 11.8 Å². The van der Waals surface area contributed by atoms with E-state index in [4.69, 9.17) is 5.11 Å². The van der Waals surface area contributed by atoms with E-state index in [1.807, 2.05) is 18.2 Å². The summed E-state index contributed by atoms with van der Waals surface area (Å²) < 4.78 is 4.62. The zero-order valence-electron chi connectivity index (χ0n) is 7.73. The van der Waals surface area contributed by atoms with E-state index in [1.165, 1.54) is 0 Å². The van der Waals surface area contributed by atoms with Crippen LogP contribution >= 0.6 is 0 Å². The maximum Gasteiger partial charge on any atom is 0.507 e. The number of hydrogen-bond acceptors (Lipinski definition) is 2. The number of carboxylic acid groups (broad SMARTS) is 1. The lowest BCUT2D eigenvalue weighted by molar-refractivity contribution is 0.0721. The van der Waals surface area contributed by atoms with Gasteiger partial charge in [-0.2, -0.15) is 0 Å². The van der Waals surface area contributed by atoms with Crippen molar-refractivity contribution in [3.05, 3.63) is 35.9 Å². The summed E-state index contributed by atoms with van der Waals surface area (Å²) in [6.45, 7) is 1.64. The summed E-state index contributed by atoms with van der Waals surface area (Å²) in [5.41, 5.74) is 0.740.